The minimum Gasteiger partial charge on any atom is -0.497 e. The van der Waals surface area contributed by atoms with Gasteiger partial charge in [0.1, 0.15) is 11.3 Å². The number of ether oxygens (including phenoxy) is 2. The lowest BCUT2D eigenvalue weighted by molar-refractivity contribution is 0.0646. The van der Waals surface area contributed by atoms with Crippen LogP contribution in [0.5, 0.6) is 11.6 Å². The van der Waals surface area contributed by atoms with Crippen molar-refractivity contribution in [1.29, 1.82) is 0 Å². The number of benzene rings is 1. The second kappa shape index (κ2) is 8.66. The number of nitrogens with zero attached hydrogens (tertiary/aromatic N) is 2. The molecule has 2 aromatic rings. The molecule has 6 nitrogen and oxygen atoms in total. The molecule has 27 heavy (non-hydrogen) atoms. The highest BCUT2D eigenvalue weighted by molar-refractivity contribution is 5.99. The van der Waals surface area contributed by atoms with Gasteiger partial charge in [-0.2, -0.15) is 0 Å². The van der Waals surface area contributed by atoms with E-state index in [0.29, 0.717) is 49.5 Å². The fourth-order valence-electron chi connectivity index (χ4n) is 3.31. The standard InChI is InChI=1S/C21H24N2O4/c1-3-27-20-18(5-4-12-22-20)21(25)23-13-10-16(11-14-23)19(24)15-6-8-17(26-2)9-7-15/h4-9,12,16H,3,10-11,13-14H2,1-2H3. The van der Waals surface area contributed by atoms with Crippen LogP contribution in [-0.4, -0.2) is 48.4 Å². The van der Waals surface area contributed by atoms with Crippen LogP contribution >= 0.6 is 0 Å². The zero-order chi connectivity index (χ0) is 19.2. The number of hydrogen-bond donors (Lipinski definition) is 0. The Bertz CT molecular complexity index is 796. The molecule has 0 aliphatic carbocycles. The van der Waals surface area contributed by atoms with E-state index in [0.717, 1.165) is 5.75 Å². The lowest BCUT2D eigenvalue weighted by Gasteiger charge is -2.31. The number of aromatic nitrogens is 1. The van der Waals surface area contributed by atoms with Crippen LogP contribution in [0.1, 0.15) is 40.5 Å². The van der Waals surface area contributed by atoms with Gasteiger partial charge in [0.05, 0.1) is 13.7 Å². The van der Waals surface area contributed by atoms with Crippen molar-refractivity contribution in [2.45, 2.75) is 19.8 Å². The summed E-state index contributed by atoms with van der Waals surface area (Å²) in [5.74, 6) is 1.06. The van der Waals surface area contributed by atoms with Crippen LogP contribution < -0.4 is 9.47 Å². The molecule has 2 heterocycles. The van der Waals surface area contributed by atoms with Gasteiger partial charge in [-0.05, 0) is 56.2 Å². The number of piperidine rings is 1. The number of methoxy groups -OCH3 is 1. The van der Waals surface area contributed by atoms with Gasteiger partial charge in [0.2, 0.25) is 5.88 Å². The molecule has 142 valence electrons. The van der Waals surface area contributed by atoms with Crippen molar-refractivity contribution in [2.75, 3.05) is 26.8 Å². The fourth-order valence-corrected chi connectivity index (χ4v) is 3.31. The monoisotopic (exact) mass is 368 g/mol. The molecule has 0 spiro atoms. The number of ketones is 1. The number of pyridine rings is 1. The van der Waals surface area contributed by atoms with Crippen LogP contribution in [0.3, 0.4) is 0 Å². The van der Waals surface area contributed by atoms with Gasteiger partial charge in [-0.25, -0.2) is 4.98 Å². The molecule has 3 rings (SSSR count). The molecule has 1 aliphatic heterocycles. The molecule has 0 N–H and O–H groups in total. The van der Waals surface area contributed by atoms with Crippen molar-refractivity contribution >= 4 is 11.7 Å². The maximum absolute atomic E-state index is 12.8. The van der Waals surface area contributed by atoms with Gasteiger partial charge in [-0.1, -0.05) is 0 Å². The zero-order valence-corrected chi connectivity index (χ0v) is 15.7. The first-order valence-electron chi connectivity index (χ1n) is 9.19. The fraction of sp³-hybridized carbons (Fsp3) is 0.381. The maximum atomic E-state index is 12.8. The molecule has 0 atom stereocenters. The van der Waals surface area contributed by atoms with E-state index < -0.39 is 0 Å². The van der Waals surface area contributed by atoms with E-state index in [1.807, 2.05) is 6.92 Å². The Morgan fingerprint density at radius 2 is 1.85 bits per heavy atom. The number of carbonyl (C=O) groups excluding carboxylic acids is 2. The Morgan fingerprint density at radius 3 is 2.48 bits per heavy atom. The SMILES string of the molecule is CCOc1ncccc1C(=O)N1CCC(C(=O)c2ccc(OC)cc2)CC1. The third-order valence-electron chi connectivity index (χ3n) is 4.81. The molecule has 1 aromatic heterocycles. The Hall–Kier alpha value is -2.89. The summed E-state index contributed by atoms with van der Waals surface area (Å²) in [4.78, 5) is 31.5. The van der Waals surface area contributed by atoms with Gasteiger partial charge < -0.3 is 14.4 Å². The number of likely N-dealkylation sites (tertiary alicyclic amines) is 1. The van der Waals surface area contributed by atoms with Crippen LogP contribution in [0.4, 0.5) is 0 Å². The number of amides is 1. The van der Waals surface area contributed by atoms with E-state index in [1.54, 1.807) is 54.6 Å². The van der Waals surface area contributed by atoms with Crippen molar-refractivity contribution < 1.29 is 19.1 Å². The average molecular weight is 368 g/mol. The molecule has 1 amide bonds. The zero-order valence-electron chi connectivity index (χ0n) is 15.7. The molecular formula is C21H24N2O4. The number of rotatable bonds is 6. The quantitative estimate of drug-likeness (QED) is 0.732. The van der Waals surface area contributed by atoms with Gasteiger partial charge >= 0.3 is 0 Å². The molecule has 0 unspecified atom stereocenters. The minimum absolute atomic E-state index is 0.0669. The number of hydrogen-bond acceptors (Lipinski definition) is 5. The highest BCUT2D eigenvalue weighted by atomic mass is 16.5. The van der Waals surface area contributed by atoms with E-state index in [9.17, 15) is 9.59 Å². The van der Waals surface area contributed by atoms with Crippen molar-refractivity contribution in [3.05, 3.63) is 53.7 Å². The van der Waals surface area contributed by atoms with Gasteiger partial charge in [-0.3, -0.25) is 9.59 Å². The predicted molar refractivity (Wildman–Crippen MR) is 101 cm³/mol. The Kier molecular flexibility index (Phi) is 6.06. The Balaban J connectivity index is 1.63. The summed E-state index contributed by atoms with van der Waals surface area (Å²) in [6.07, 6.45) is 2.92. The van der Waals surface area contributed by atoms with Crippen molar-refractivity contribution in [1.82, 2.24) is 9.88 Å². The highest BCUT2D eigenvalue weighted by Gasteiger charge is 2.29. The normalized spacial score (nSPS) is 14.7. The van der Waals surface area contributed by atoms with Gasteiger partial charge in [-0.15, -0.1) is 0 Å². The van der Waals surface area contributed by atoms with Gasteiger partial charge in [0.25, 0.3) is 5.91 Å². The van der Waals surface area contributed by atoms with E-state index in [-0.39, 0.29) is 17.6 Å². The molecule has 1 saturated heterocycles. The van der Waals surface area contributed by atoms with Gasteiger partial charge in [0.15, 0.2) is 5.78 Å². The topological polar surface area (TPSA) is 68.7 Å². The summed E-state index contributed by atoms with van der Waals surface area (Å²) in [5, 5.41) is 0. The van der Waals surface area contributed by atoms with Crippen LogP contribution in [0.25, 0.3) is 0 Å². The van der Waals surface area contributed by atoms with E-state index in [4.69, 9.17) is 9.47 Å². The molecule has 0 bridgehead atoms. The molecule has 1 aromatic carbocycles. The maximum Gasteiger partial charge on any atom is 0.259 e. The van der Waals surface area contributed by atoms with Crippen molar-refractivity contribution in [3.63, 3.8) is 0 Å². The first-order valence-corrected chi connectivity index (χ1v) is 9.19. The number of carbonyl (C=O) groups is 2. The third kappa shape index (κ3) is 4.27. The predicted octanol–water partition coefficient (Wildman–Crippen LogP) is 3.22. The third-order valence-corrected chi connectivity index (χ3v) is 4.81. The second-order valence-electron chi connectivity index (χ2n) is 6.45. The Labute approximate surface area is 159 Å². The van der Waals surface area contributed by atoms with Crippen LogP contribution in [0.15, 0.2) is 42.6 Å². The molecule has 1 aliphatic rings. The lowest BCUT2D eigenvalue weighted by Crippen LogP contribution is -2.40. The molecule has 6 heteroatoms. The summed E-state index contributed by atoms with van der Waals surface area (Å²) in [5.41, 5.74) is 1.16. The molecule has 0 radical (unpaired) electrons. The molecule has 1 fully saturated rings. The summed E-state index contributed by atoms with van der Waals surface area (Å²) in [7, 11) is 1.60. The second-order valence-corrected chi connectivity index (χ2v) is 6.45. The summed E-state index contributed by atoms with van der Waals surface area (Å²) in [6, 6.07) is 10.6. The molecular weight excluding hydrogens is 344 g/mol. The van der Waals surface area contributed by atoms with E-state index >= 15 is 0 Å². The van der Waals surface area contributed by atoms with Crippen LogP contribution in [-0.2, 0) is 0 Å². The first-order chi connectivity index (χ1) is 13.1. The minimum atomic E-state index is -0.0955. The van der Waals surface area contributed by atoms with Crippen molar-refractivity contribution in [2.24, 2.45) is 5.92 Å². The Morgan fingerprint density at radius 1 is 1.15 bits per heavy atom. The summed E-state index contributed by atoms with van der Waals surface area (Å²) < 4.78 is 10.6. The van der Waals surface area contributed by atoms with E-state index in [1.165, 1.54) is 0 Å². The van der Waals surface area contributed by atoms with Crippen LogP contribution in [0.2, 0.25) is 0 Å². The first kappa shape index (κ1) is 18.9. The summed E-state index contributed by atoms with van der Waals surface area (Å²) >= 11 is 0. The van der Waals surface area contributed by atoms with Crippen LogP contribution in [0, 0.1) is 5.92 Å². The molecule has 0 saturated carbocycles. The van der Waals surface area contributed by atoms with Crippen molar-refractivity contribution in [3.8, 4) is 11.6 Å². The van der Waals surface area contributed by atoms with Gasteiger partial charge in [0, 0.05) is 30.8 Å². The smallest absolute Gasteiger partial charge is 0.259 e. The highest BCUT2D eigenvalue weighted by Crippen LogP contribution is 2.25. The number of Topliss-reactive ketones (excluding diaryl/α,β-unsaturated/α-hetero) is 1. The summed E-state index contributed by atoms with van der Waals surface area (Å²) in [6.45, 7) is 3.41. The lowest BCUT2D eigenvalue weighted by atomic mass is 9.88. The van der Waals surface area contributed by atoms with E-state index in [2.05, 4.69) is 4.98 Å². The largest absolute Gasteiger partial charge is 0.497 e. The average Bonchev–Trinajstić information content (AvgIpc) is 2.73.